The number of carbonyl (C=O) groups excluding carboxylic acids is 2. The van der Waals surface area contributed by atoms with E-state index in [1.807, 2.05) is 44.8 Å². The fourth-order valence-electron chi connectivity index (χ4n) is 9.12. The summed E-state index contributed by atoms with van der Waals surface area (Å²) in [6.07, 6.45) is -7.42. The Bertz CT molecular complexity index is 1300. The van der Waals surface area contributed by atoms with E-state index in [0.29, 0.717) is 13.0 Å². The van der Waals surface area contributed by atoms with E-state index >= 15 is 0 Å². The average molecular weight is 803 g/mol. The molecule has 1 unspecified atom stereocenters. The zero-order valence-corrected chi connectivity index (χ0v) is 36.3. The fourth-order valence-corrected chi connectivity index (χ4v) is 9.12. The number of methoxy groups -OCH3 is 1. The Kier molecular flexibility index (Phi) is 17.0. The van der Waals surface area contributed by atoms with E-state index in [4.69, 9.17) is 33.2 Å². The third-order valence-electron chi connectivity index (χ3n) is 12.6. The van der Waals surface area contributed by atoms with Crippen LogP contribution < -0.4 is 0 Å². The van der Waals surface area contributed by atoms with Crippen LogP contribution in [0, 0.1) is 17.8 Å². The number of cyclic esters (lactones) is 1. The van der Waals surface area contributed by atoms with Crippen molar-refractivity contribution in [2.45, 2.75) is 185 Å². The summed E-state index contributed by atoms with van der Waals surface area (Å²) in [6, 6.07) is -0.849. The molecule has 3 aliphatic rings. The van der Waals surface area contributed by atoms with Gasteiger partial charge in [0.1, 0.15) is 29.5 Å². The van der Waals surface area contributed by atoms with E-state index in [2.05, 4.69) is 6.58 Å². The van der Waals surface area contributed by atoms with Gasteiger partial charge in [0.15, 0.2) is 18.7 Å². The van der Waals surface area contributed by atoms with Crippen molar-refractivity contribution in [2.24, 2.45) is 17.8 Å². The number of hydrogen-bond donors (Lipinski definition) is 4. The number of likely N-dealkylation sites (N-methyl/N-ethyl adjacent to an activating group) is 2. The van der Waals surface area contributed by atoms with Gasteiger partial charge in [0.2, 0.25) is 0 Å². The van der Waals surface area contributed by atoms with Crippen LogP contribution in [-0.2, 0) is 42.7 Å². The van der Waals surface area contributed by atoms with Gasteiger partial charge in [-0.25, -0.2) is 4.79 Å². The van der Waals surface area contributed by atoms with E-state index in [9.17, 15) is 30.0 Å². The van der Waals surface area contributed by atoms with Crippen LogP contribution in [0.15, 0.2) is 12.7 Å². The summed E-state index contributed by atoms with van der Waals surface area (Å²) in [5, 5.41) is 47.5. The number of rotatable bonds is 9. The molecule has 3 fully saturated rings. The van der Waals surface area contributed by atoms with Crippen LogP contribution in [0.2, 0.25) is 0 Å². The minimum Gasteiger partial charge on any atom is -0.459 e. The predicted molar refractivity (Wildman–Crippen MR) is 208 cm³/mol. The molecule has 326 valence electrons. The highest BCUT2D eigenvalue weighted by Crippen LogP contribution is 2.41. The lowest BCUT2D eigenvalue weighted by molar-refractivity contribution is -0.318. The van der Waals surface area contributed by atoms with Gasteiger partial charge in [0.25, 0.3) is 0 Å². The van der Waals surface area contributed by atoms with Crippen molar-refractivity contribution in [3.8, 4) is 0 Å². The minimum absolute atomic E-state index is 0.0854. The maximum Gasteiger partial charge on any atom is 0.330 e. The van der Waals surface area contributed by atoms with Gasteiger partial charge in [-0.2, -0.15) is 0 Å². The largest absolute Gasteiger partial charge is 0.459 e. The van der Waals surface area contributed by atoms with Gasteiger partial charge in [-0.1, -0.05) is 27.4 Å². The molecule has 15 nitrogen and oxygen atoms in total. The molecule has 3 aliphatic heterocycles. The summed E-state index contributed by atoms with van der Waals surface area (Å²) >= 11 is 0. The Morgan fingerprint density at radius 1 is 1.02 bits per heavy atom. The van der Waals surface area contributed by atoms with Crippen LogP contribution in [0.3, 0.4) is 0 Å². The topological polar surface area (TPSA) is 186 Å². The standard InChI is InChI=1S/C41H74N2O13/c1-16-29-41(11,49)34(46)26(7)43(14)21-22(3)19-39(9,48)35(56-38-32(45)28(42(12)13)18-23(4)51-38)24(5)33(25(6)37(47)53-29)55-31-20-40(10,50-15)36(27(8)52-31)54-30(44)17-2/h17,22-29,31-36,38,45-46,48-49H,2,16,18-21H2,1,3-15H3/t22-,23-,24+,25-,26-,27+,28+,29-,31+,32-,33+,34-,35-,36?,38+,39-,40-,41-/m1/s1. The summed E-state index contributed by atoms with van der Waals surface area (Å²) < 4.78 is 43.7. The molecule has 18 atom stereocenters. The van der Waals surface area contributed by atoms with Crippen LogP contribution in [0.25, 0.3) is 0 Å². The molecular formula is C41H74N2O13. The van der Waals surface area contributed by atoms with Crippen molar-refractivity contribution in [2.75, 3.05) is 34.8 Å². The Hall–Kier alpha value is -1.76. The maximum absolute atomic E-state index is 14.3. The molecule has 4 N–H and O–H groups in total. The Labute approximate surface area is 334 Å². The second-order valence-electron chi connectivity index (χ2n) is 17.8. The molecule has 3 rings (SSSR count). The number of hydrogen-bond acceptors (Lipinski definition) is 15. The van der Waals surface area contributed by atoms with Crippen LogP contribution in [-0.4, -0.2) is 167 Å². The highest BCUT2D eigenvalue weighted by atomic mass is 16.7. The molecule has 0 aromatic carbocycles. The van der Waals surface area contributed by atoms with Crippen LogP contribution in [0.5, 0.6) is 0 Å². The third kappa shape index (κ3) is 11.1. The lowest BCUT2D eigenvalue weighted by Crippen LogP contribution is -2.61. The van der Waals surface area contributed by atoms with E-state index in [-0.39, 0.29) is 37.3 Å². The van der Waals surface area contributed by atoms with Crippen molar-refractivity contribution in [3.63, 3.8) is 0 Å². The number of aliphatic hydroxyl groups is 4. The fraction of sp³-hybridized carbons (Fsp3) is 0.902. The molecular weight excluding hydrogens is 728 g/mol. The minimum atomic E-state index is -1.82. The van der Waals surface area contributed by atoms with Gasteiger partial charge in [0.05, 0.1) is 35.9 Å². The summed E-state index contributed by atoms with van der Waals surface area (Å²) in [5.74, 6) is -3.36. The van der Waals surface area contributed by atoms with Crippen molar-refractivity contribution >= 4 is 11.9 Å². The zero-order chi connectivity index (χ0) is 42.7. The average Bonchev–Trinajstić information content (AvgIpc) is 3.11. The highest BCUT2D eigenvalue weighted by molar-refractivity contribution is 5.81. The summed E-state index contributed by atoms with van der Waals surface area (Å²) in [4.78, 5) is 30.5. The number of carbonyl (C=O) groups is 2. The lowest BCUT2D eigenvalue weighted by atomic mass is 9.77. The molecule has 0 bridgehead atoms. The zero-order valence-electron chi connectivity index (χ0n) is 36.3. The molecule has 0 radical (unpaired) electrons. The Morgan fingerprint density at radius 2 is 1.64 bits per heavy atom. The molecule has 0 aromatic rings. The maximum atomic E-state index is 14.3. The lowest BCUT2D eigenvalue weighted by Gasteiger charge is -2.49. The van der Waals surface area contributed by atoms with Gasteiger partial charge in [-0.15, -0.1) is 0 Å². The molecule has 0 aliphatic carbocycles. The van der Waals surface area contributed by atoms with Gasteiger partial charge < -0.3 is 63.4 Å². The smallest absolute Gasteiger partial charge is 0.330 e. The summed E-state index contributed by atoms with van der Waals surface area (Å²) in [5.41, 5.74) is -4.49. The highest BCUT2D eigenvalue weighted by Gasteiger charge is 2.53. The van der Waals surface area contributed by atoms with E-state index < -0.39 is 102 Å². The van der Waals surface area contributed by atoms with Crippen molar-refractivity contribution in [3.05, 3.63) is 12.7 Å². The monoisotopic (exact) mass is 803 g/mol. The first-order valence-corrected chi connectivity index (χ1v) is 20.2. The number of nitrogens with zero attached hydrogens (tertiary/aromatic N) is 2. The molecule has 0 spiro atoms. The van der Waals surface area contributed by atoms with Gasteiger partial charge in [-0.05, 0) is 94.8 Å². The quantitative estimate of drug-likeness (QED) is 0.197. The van der Waals surface area contributed by atoms with Gasteiger partial charge in [0, 0.05) is 44.2 Å². The molecule has 3 saturated heterocycles. The summed E-state index contributed by atoms with van der Waals surface area (Å²) in [6.45, 7) is 21.5. The molecule has 15 heteroatoms. The number of aliphatic hydroxyl groups excluding tert-OH is 2. The third-order valence-corrected chi connectivity index (χ3v) is 12.6. The van der Waals surface area contributed by atoms with Crippen LogP contribution in [0.4, 0.5) is 0 Å². The molecule has 0 saturated carbocycles. The molecule has 56 heavy (non-hydrogen) atoms. The van der Waals surface area contributed by atoms with Crippen molar-refractivity contribution < 1.29 is 63.2 Å². The van der Waals surface area contributed by atoms with Crippen LogP contribution in [0.1, 0.15) is 94.9 Å². The van der Waals surface area contributed by atoms with Gasteiger partial charge in [-0.3, -0.25) is 4.79 Å². The normalized spacial score (nSPS) is 46.7. The SMILES string of the molecule is C=CC(=O)OC1[C@H](C)O[C@@H](O[C@H]2[C@H](C)[C@@H](O[C@@H]3O[C@H](C)C[C@H](N(C)C)[C@H]3O)[C@](C)(O)C[C@@H](C)CN(C)[C@H](C)[C@@H](O)[C@](C)(O)[C@@H](CC)OC(=O)[C@@H]2C)C[C@@]1(C)OC. The number of esters is 2. The first-order chi connectivity index (χ1) is 25.8. The van der Waals surface area contributed by atoms with Crippen LogP contribution >= 0.6 is 0 Å². The molecule has 0 aromatic heterocycles. The first kappa shape index (κ1) is 48.6. The Balaban J connectivity index is 2.18. The van der Waals surface area contributed by atoms with Gasteiger partial charge >= 0.3 is 11.9 Å². The predicted octanol–water partition coefficient (Wildman–Crippen LogP) is 2.64. The van der Waals surface area contributed by atoms with E-state index in [1.54, 1.807) is 48.5 Å². The molecule has 3 heterocycles. The Morgan fingerprint density at radius 3 is 2.20 bits per heavy atom. The second-order valence-corrected chi connectivity index (χ2v) is 17.8. The summed E-state index contributed by atoms with van der Waals surface area (Å²) in [7, 11) is 7.09. The molecule has 0 amide bonds. The first-order valence-electron chi connectivity index (χ1n) is 20.2. The van der Waals surface area contributed by atoms with E-state index in [0.717, 1.165) is 6.08 Å². The van der Waals surface area contributed by atoms with E-state index in [1.165, 1.54) is 14.0 Å². The van der Waals surface area contributed by atoms with Crippen molar-refractivity contribution in [1.82, 2.24) is 9.80 Å². The number of ether oxygens (including phenoxy) is 7. The van der Waals surface area contributed by atoms with Crippen molar-refractivity contribution in [1.29, 1.82) is 0 Å². The second kappa shape index (κ2) is 19.5.